The Bertz CT molecular complexity index is 567. The number of carbonyl (C=O) groups is 1. The van der Waals surface area contributed by atoms with Gasteiger partial charge in [0, 0.05) is 11.1 Å². The number of benzene rings is 1. The normalized spacial score (nSPS) is 10.2. The van der Waals surface area contributed by atoms with E-state index < -0.39 is 0 Å². The van der Waals surface area contributed by atoms with Crippen LogP contribution in [0.1, 0.15) is 22.8 Å². The van der Waals surface area contributed by atoms with Crippen LogP contribution in [0.25, 0.3) is 0 Å². The lowest BCUT2D eigenvalue weighted by molar-refractivity contribution is 0.0525. The van der Waals surface area contributed by atoms with Crippen LogP contribution in [0.5, 0.6) is 0 Å². The van der Waals surface area contributed by atoms with Gasteiger partial charge in [-0.15, -0.1) is 0 Å². The van der Waals surface area contributed by atoms with Crippen molar-refractivity contribution >= 4 is 17.7 Å². The minimum absolute atomic E-state index is 0.331. The Morgan fingerprint density at radius 3 is 2.79 bits per heavy atom. The van der Waals surface area contributed by atoms with Crippen LogP contribution in [0.15, 0.2) is 52.5 Å². The number of aromatic nitrogens is 1. The predicted octanol–water partition coefficient (Wildman–Crippen LogP) is 3.72. The van der Waals surface area contributed by atoms with Crippen molar-refractivity contribution in [1.82, 2.24) is 4.98 Å². The molecule has 1 heterocycles. The highest BCUT2D eigenvalue weighted by Crippen LogP contribution is 2.26. The number of esters is 1. The third-order valence-electron chi connectivity index (χ3n) is 2.46. The molecule has 1 aromatic carbocycles. The molecule has 0 aliphatic heterocycles. The summed E-state index contributed by atoms with van der Waals surface area (Å²) in [4.78, 5) is 16.9. The molecule has 0 saturated carbocycles. The average molecular weight is 273 g/mol. The molecule has 2 rings (SSSR count). The van der Waals surface area contributed by atoms with Crippen LogP contribution in [0.3, 0.4) is 0 Å². The van der Waals surface area contributed by atoms with Gasteiger partial charge in [0.1, 0.15) is 5.03 Å². The maximum Gasteiger partial charge on any atom is 0.339 e. The van der Waals surface area contributed by atoms with Crippen molar-refractivity contribution < 1.29 is 9.53 Å². The smallest absolute Gasteiger partial charge is 0.339 e. The van der Waals surface area contributed by atoms with Crippen LogP contribution < -0.4 is 0 Å². The van der Waals surface area contributed by atoms with Gasteiger partial charge in [0.15, 0.2) is 0 Å². The van der Waals surface area contributed by atoms with E-state index in [1.54, 1.807) is 30.9 Å². The quantitative estimate of drug-likeness (QED) is 0.796. The van der Waals surface area contributed by atoms with Gasteiger partial charge >= 0.3 is 5.97 Å². The lowest BCUT2D eigenvalue weighted by Crippen LogP contribution is -2.04. The molecule has 0 bridgehead atoms. The van der Waals surface area contributed by atoms with Gasteiger partial charge in [-0.25, -0.2) is 9.78 Å². The third-order valence-corrected chi connectivity index (χ3v) is 3.40. The van der Waals surface area contributed by atoms with Crippen LogP contribution in [0.2, 0.25) is 0 Å². The molecular weight excluding hydrogens is 258 g/mol. The van der Waals surface area contributed by atoms with Gasteiger partial charge < -0.3 is 4.74 Å². The zero-order chi connectivity index (χ0) is 13.7. The van der Waals surface area contributed by atoms with E-state index >= 15 is 0 Å². The van der Waals surface area contributed by atoms with Crippen molar-refractivity contribution in [2.75, 3.05) is 6.61 Å². The summed E-state index contributed by atoms with van der Waals surface area (Å²) < 4.78 is 4.92. The third kappa shape index (κ3) is 3.83. The van der Waals surface area contributed by atoms with Gasteiger partial charge in [0.05, 0.1) is 12.2 Å². The zero-order valence-electron chi connectivity index (χ0n) is 10.9. The Hall–Kier alpha value is -1.81. The van der Waals surface area contributed by atoms with Gasteiger partial charge in [0.25, 0.3) is 0 Å². The van der Waals surface area contributed by atoms with Crippen molar-refractivity contribution in [2.45, 2.75) is 23.8 Å². The largest absolute Gasteiger partial charge is 0.462 e. The first-order valence-electron chi connectivity index (χ1n) is 6.06. The summed E-state index contributed by atoms with van der Waals surface area (Å²) in [5.41, 5.74) is 1.70. The first kappa shape index (κ1) is 13.6. The van der Waals surface area contributed by atoms with E-state index in [0.717, 1.165) is 9.92 Å². The molecule has 0 atom stereocenters. The number of ether oxygens (including phenoxy) is 1. The van der Waals surface area contributed by atoms with Gasteiger partial charge in [-0.2, -0.15) is 0 Å². The number of hydrogen-bond donors (Lipinski definition) is 0. The highest BCUT2D eigenvalue weighted by molar-refractivity contribution is 7.99. The van der Waals surface area contributed by atoms with E-state index in [1.165, 1.54) is 5.56 Å². The fourth-order valence-electron chi connectivity index (χ4n) is 1.58. The van der Waals surface area contributed by atoms with Crippen molar-refractivity contribution in [2.24, 2.45) is 0 Å². The van der Waals surface area contributed by atoms with E-state index in [4.69, 9.17) is 4.74 Å². The molecular formula is C15H15NO2S. The molecule has 0 aliphatic rings. The maximum absolute atomic E-state index is 11.5. The molecule has 19 heavy (non-hydrogen) atoms. The van der Waals surface area contributed by atoms with Crippen LogP contribution in [0, 0.1) is 6.92 Å². The Balaban J connectivity index is 2.08. The predicted molar refractivity (Wildman–Crippen MR) is 75.5 cm³/mol. The second-order valence-corrected chi connectivity index (χ2v) is 5.12. The highest BCUT2D eigenvalue weighted by atomic mass is 32.2. The molecule has 1 aromatic heterocycles. The number of carbonyl (C=O) groups excluding carboxylic acids is 1. The maximum atomic E-state index is 11.5. The lowest BCUT2D eigenvalue weighted by Gasteiger charge is -2.04. The van der Waals surface area contributed by atoms with Crippen molar-refractivity contribution in [3.63, 3.8) is 0 Å². The SMILES string of the molecule is CCOC(=O)c1ccc(Sc2cccc(C)c2)nc1. The van der Waals surface area contributed by atoms with E-state index in [0.29, 0.717) is 12.2 Å². The summed E-state index contributed by atoms with van der Waals surface area (Å²) in [5.74, 6) is -0.331. The highest BCUT2D eigenvalue weighted by Gasteiger charge is 2.07. The summed E-state index contributed by atoms with van der Waals surface area (Å²) >= 11 is 1.57. The fraction of sp³-hybridized carbons (Fsp3) is 0.200. The number of aryl methyl sites for hydroxylation is 1. The molecule has 2 aromatic rings. The molecule has 3 nitrogen and oxygen atoms in total. The summed E-state index contributed by atoms with van der Waals surface area (Å²) in [6.45, 7) is 4.22. The molecule has 0 amide bonds. The van der Waals surface area contributed by atoms with Crippen molar-refractivity contribution in [1.29, 1.82) is 0 Å². The molecule has 0 radical (unpaired) electrons. The zero-order valence-corrected chi connectivity index (χ0v) is 11.7. The Morgan fingerprint density at radius 2 is 2.16 bits per heavy atom. The number of pyridine rings is 1. The topological polar surface area (TPSA) is 39.2 Å². The Labute approximate surface area is 117 Å². The van der Waals surface area contributed by atoms with E-state index in [-0.39, 0.29) is 5.97 Å². The molecule has 0 fully saturated rings. The molecule has 0 aliphatic carbocycles. The van der Waals surface area contributed by atoms with Gasteiger partial charge in [-0.3, -0.25) is 0 Å². The second-order valence-electron chi connectivity index (χ2n) is 4.02. The standard InChI is InChI=1S/C15H15NO2S/c1-3-18-15(17)12-7-8-14(16-10-12)19-13-6-4-5-11(2)9-13/h4-10H,3H2,1-2H3. The van der Waals surface area contributed by atoms with E-state index in [1.807, 2.05) is 18.2 Å². The number of hydrogen-bond acceptors (Lipinski definition) is 4. The summed E-state index contributed by atoms with van der Waals surface area (Å²) in [7, 11) is 0. The first-order valence-corrected chi connectivity index (χ1v) is 6.88. The van der Waals surface area contributed by atoms with Gasteiger partial charge in [-0.05, 0) is 38.1 Å². The van der Waals surface area contributed by atoms with Gasteiger partial charge in [-0.1, -0.05) is 29.5 Å². The molecule has 0 saturated heterocycles. The van der Waals surface area contributed by atoms with Crippen molar-refractivity contribution in [3.8, 4) is 0 Å². The van der Waals surface area contributed by atoms with Gasteiger partial charge in [0.2, 0.25) is 0 Å². The Morgan fingerprint density at radius 1 is 1.32 bits per heavy atom. The molecule has 0 unspecified atom stereocenters. The lowest BCUT2D eigenvalue weighted by atomic mass is 10.2. The van der Waals surface area contributed by atoms with Crippen LogP contribution in [-0.2, 0) is 4.74 Å². The van der Waals surface area contributed by atoms with Crippen LogP contribution >= 0.6 is 11.8 Å². The average Bonchev–Trinajstić information content (AvgIpc) is 2.40. The second kappa shape index (κ2) is 6.38. The molecule has 4 heteroatoms. The van der Waals surface area contributed by atoms with Crippen LogP contribution in [-0.4, -0.2) is 17.6 Å². The van der Waals surface area contributed by atoms with Crippen molar-refractivity contribution in [3.05, 3.63) is 53.7 Å². The number of nitrogens with zero attached hydrogens (tertiary/aromatic N) is 1. The summed E-state index contributed by atoms with van der Waals surface area (Å²) in [6, 6.07) is 11.8. The molecule has 0 spiro atoms. The molecule has 98 valence electrons. The minimum atomic E-state index is -0.331. The van der Waals surface area contributed by atoms with E-state index in [2.05, 4.69) is 24.0 Å². The fourth-order valence-corrected chi connectivity index (χ4v) is 2.45. The Kier molecular flexibility index (Phi) is 4.58. The number of rotatable bonds is 4. The molecule has 0 N–H and O–H groups in total. The van der Waals surface area contributed by atoms with Crippen LogP contribution in [0.4, 0.5) is 0 Å². The summed E-state index contributed by atoms with van der Waals surface area (Å²) in [5, 5.41) is 0.860. The van der Waals surface area contributed by atoms with E-state index in [9.17, 15) is 4.79 Å². The minimum Gasteiger partial charge on any atom is -0.462 e. The summed E-state index contributed by atoms with van der Waals surface area (Å²) in [6.07, 6.45) is 1.55. The monoisotopic (exact) mass is 273 g/mol. The first-order chi connectivity index (χ1) is 9.19.